The summed E-state index contributed by atoms with van der Waals surface area (Å²) in [5.74, 6) is -2.90. The highest BCUT2D eigenvalue weighted by molar-refractivity contribution is 6.21. The van der Waals surface area contributed by atoms with E-state index in [1.165, 1.54) is 13.2 Å². The first-order valence-electron chi connectivity index (χ1n) is 15.1. The van der Waals surface area contributed by atoms with Crippen molar-refractivity contribution in [2.75, 3.05) is 7.11 Å². The van der Waals surface area contributed by atoms with Crippen molar-refractivity contribution in [1.29, 1.82) is 0 Å². The van der Waals surface area contributed by atoms with E-state index in [9.17, 15) is 29.1 Å². The number of esters is 1. The summed E-state index contributed by atoms with van der Waals surface area (Å²) in [4.78, 5) is 63.2. The summed E-state index contributed by atoms with van der Waals surface area (Å²) in [6, 6.07) is -0.866. The summed E-state index contributed by atoms with van der Waals surface area (Å²) in [5.41, 5.74) is 0.784. The molecular formula is C34H46N2O8. The van der Waals surface area contributed by atoms with Crippen molar-refractivity contribution in [3.8, 4) is 0 Å². The van der Waals surface area contributed by atoms with Crippen LogP contribution in [-0.4, -0.2) is 65.9 Å². The Bertz CT molecular complexity index is 1260. The standard InChI is InChI=1S/C34H46N2O8/c1-7-21(2)33(41)35-24(5)34(42)44-29-17-12-10-8-9-11-16-27(43-6)20-30(38)36-28-19-26(37)18-25(32(28)40)15-13-14-22(3)31(39)23(29)4/h8-12,14,16,18-19,21,23-24,27,29,31,39H,7,13,15,17,20H2,1-6H3,(H,35,41)(H,36,38)/b9-8+,12-10-,16-11+,22-14+/t21-,23+,24-,27-,29-,31-/m0/s1. The lowest BCUT2D eigenvalue weighted by atomic mass is 9.90. The molecule has 0 aromatic heterocycles. The smallest absolute Gasteiger partial charge is 0.328 e. The second-order valence-electron chi connectivity index (χ2n) is 11.2. The Morgan fingerprint density at radius 2 is 1.82 bits per heavy atom. The van der Waals surface area contributed by atoms with Crippen LogP contribution < -0.4 is 10.6 Å². The fourth-order valence-corrected chi connectivity index (χ4v) is 4.58. The van der Waals surface area contributed by atoms with Crippen LogP contribution >= 0.6 is 0 Å². The fraction of sp³-hybridized carbons (Fsp3) is 0.500. The number of carbonyl (C=O) groups is 5. The average molecular weight is 611 g/mol. The molecule has 10 nitrogen and oxygen atoms in total. The molecule has 44 heavy (non-hydrogen) atoms. The molecule has 0 aromatic carbocycles. The number of hydrogen-bond donors (Lipinski definition) is 3. The van der Waals surface area contributed by atoms with E-state index in [2.05, 4.69) is 10.6 Å². The number of rotatable bonds is 6. The lowest BCUT2D eigenvalue weighted by Gasteiger charge is -2.29. The topological polar surface area (TPSA) is 148 Å². The van der Waals surface area contributed by atoms with Gasteiger partial charge in [0.15, 0.2) is 5.78 Å². The molecule has 0 spiro atoms. The van der Waals surface area contributed by atoms with Crippen LogP contribution in [0.25, 0.3) is 0 Å². The molecule has 0 fully saturated rings. The summed E-state index contributed by atoms with van der Waals surface area (Å²) >= 11 is 0. The van der Waals surface area contributed by atoms with Gasteiger partial charge in [0.05, 0.1) is 24.3 Å². The molecule has 1 heterocycles. The van der Waals surface area contributed by atoms with Gasteiger partial charge in [0.1, 0.15) is 12.1 Å². The van der Waals surface area contributed by atoms with Gasteiger partial charge in [0.2, 0.25) is 17.6 Å². The van der Waals surface area contributed by atoms with E-state index >= 15 is 0 Å². The summed E-state index contributed by atoms with van der Waals surface area (Å²) in [5, 5.41) is 16.4. The van der Waals surface area contributed by atoms with Gasteiger partial charge in [0.25, 0.3) is 0 Å². The largest absolute Gasteiger partial charge is 0.460 e. The normalized spacial score (nSPS) is 28.8. The summed E-state index contributed by atoms with van der Waals surface area (Å²) in [6.07, 6.45) is 13.8. The third kappa shape index (κ3) is 11.3. The van der Waals surface area contributed by atoms with Gasteiger partial charge in [-0.2, -0.15) is 0 Å². The van der Waals surface area contributed by atoms with Crippen molar-refractivity contribution in [3.05, 3.63) is 71.5 Å². The number of ketones is 2. The van der Waals surface area contributed by atoms with Gasteiger partial charge in [-0.05, 0) is 44.8 Å². The zero-order chi connectivity index (χ0) is 32.8. The number of fused-ring (bicyclic) bond motifs is 2. The molecule has 2 rings (SSSR count). The molecule has 2 amide bonds. The van der Waals surface area contributed by atoms with Crippen molar-refractivity contribution in [2.24, 2.45) is 11.8 Å². The number of methoxy groups -OCH3 is 1. The molecule has 0 saturated heterocycles. The van der Waals surface area contributed by atoms with E-state index in [1.807, 2.05) is 13.0 Å². The number of hydrogen-bond acceptors (Lipinski definition) is 8. The predicted octanol–water partition coefficient (Wildman–Crippen LogP) is 3.73. The molecule has 2 bridgehead atoms. The highest BCUT2D eigenvalue weighted by atomic mass is 16.5. The molecule has 0 unspecified atom stereocenters. The van der Waals surface area contributed by atoms with Crippen molar-refractivity contribution in [1.82, 2.24) is 10.6 Å². The average Bonchev–Trinajstić information content (AvgIpc) is 2.99. The first-order chi connectivity index (χ1) is 20.9. The minimum absolute atomic E-state index is 0.0600. The quantitative estimate of drug-likeness (QED) is 0.234. The molecule has 10 heteroatoms. The summed E-state index contributed by atoms with van der Waals surface area (Å²) in [7, 11) is 1.46. The Balaban J connectivity index is 2.32. The molecule has 2 aliphatic rings. The van der Waals surface area contributed by atoms with Crippen LogP contribution in [0.4, 0.5) is 0 Å². The number of aliphatic hydroxyl groups is 1. The van der Waals surface area contributed by atoms with E-state index < -0.39 is 53.7 Å². The first kappa shape index (κ1) is 36.3. The first-order valence-corrected chi connectivity index (χ1v) is 15.1. The molecule has 0 saturated carbocycles. The highest BCUT2D eigenvalue weighted by Crippen LogP contribution is 2.24. The second kappa shape index (κ2) is 18.0. The summed E-state index contributed by atoms with van der Waals surface area (Å²) < 4.78 is 11.2. The number of nitrogens with one attached hydrogen (secondary N) is 2. The Hall–Kier alpha value is -3.89. The van der Waals surface area contributed by atoms with Crippen LogP contribution in [0.5, 0.6) is 0 Å². The van der Waals surface area contributed by atoms with Gasteiger partial charge >= 0.3 is 5.97 Å². The van der Waals surface area contributed by atoms with Gasteiger partial charge in [-0.25, -0.2) is 4.79 Å². The number of amides is 2. The predicted molar refractivity (Wildman–Crippen MR) is 167 cm³/mol. The van der Waals surface area contributed by atoms with Crippen molar-refractivity contribution >= 4 is 29.4 Å². The Labute approximate surface area is 260 Å². The second-order valence-corrected chi connectivity index (χ2v) is 11.2. The molecule has 1 aliphatic heterocycles. The van der Waals surface area contributed by atoms with E-state index in [0.29, 0.717) is 24.8 Å². The Kier molecular flexibility index (Phi) is 14.9. The molecule has 3 N–H and O–H groups in total. The maximum absolute atomic E-state index is 13.0. The molecular weight excluding hydrogens is 564 g/mol. The lowest BCUT2D eigenvalue weighted by molar-refractivity contribution is -0.156. The zero-order valence-corrected chi connectivity index (χ0v) is 26.5. The Morgan fingerprint density at radius 3 is 2.50 bits per heavy atom. The molecule has 0 radical (unpaired) electrons. The third-order valence-electron chi connectivity index (χ3n) is 7.74. The van der Waals surface area contributed by atoms with Gasteiger partial charge in [0, 0.05) is 37.0 Å². The summed E-state index contributed by atoms with van der Waals surface area (Å²) in [6.45, 7) is 8.76. The van der Waals surface area contributed by atoms with E-state index in [-0.39, 0.29) is 35.9 Å². The number of allylic oxidation sites excluding steroid dienone is 8. The number of carbonyl (C=O) groups excluding carboxylic acids is 5. The van der Waals surface area contributed by atoms with Crippen LogP contribution in [0, 0.1) is 11.8 Å². The van der Waals surface area contributed by atoms with Crippen molar-refractivity contribution in [3.63, 3.8) is 0 Å². The van der Waals surface area contributed by atoms with Crippen LogP contribution in [0.3, 0.4) is 0 Å². The molecule has 0 aromatic rings. The van der Waals surface area contributed by atoms with E-state index in [0.717, 1.165) is 6.08 Å². The van der Waals surface area contributed by atoms with Crippen LogP contribution in [0.1, 0.15) is 66.7 Å². The minimum atomic E-state index is -0.975. The van der Waals surface area contributed by atoms with Crippen LogP contribution in [-0.2, 0) is 33.4 Å². The number of ether oxygens (including phenoxy) is 2. The van der Waals surface area contributed by atoms with Gasteiger partial charge in [-0.1, -0.05) is 63.3 Å². The molecule has 6 atom stereocenters. The van der Waals surface area contributed by atoms with Gasteiger partial charge < -0.3 is 25.2 Å². The highest BCUT2D eigenvalue weighted by Gasteiger charge is 2.30. The minimum Gasteiger partial charge on any atom is -0.460 e. The van der Waals surface area contributed by atoms with Gasteiger partial charge in [-0.15, -0.1) is 0 Å². The van der Waals surface area contributed by atoms with Gasteiger partial charge in [-0.3, -0.25) is 19.2 Å². The SMILES string of the molecule is CC[C@H](C)C(=O)N[C@@H](C)C(=O)O[C@H]1C\C=C/C=C/C=C/[C@H](OC)CC(=O)NC2=CC(=O)C=C(CC/C=C(\C)[C@H](O)[C@@H]1C)C2=O. The number of Topliss-reactive ketones (excluding diaryl/α,β-unsaturated/α-hetero) is 1. The maximum Gasteiger partial charge on any atom is 0.328 e. The molecule has 240 valence electrons. The van der Waals surface area contributed by atoms with E-state index in [1.54, 1.807) is 64.2 Å². The lowest BCUT2D eigenvalue weighted by Crippen LogP contribution is -2.44. The van der Waals surface area contributed by atoms with Crippen molar-refractivity contribution in [2.45, 2.75) is 91.1 Å². The van der Waals surface area contributed by atoms with E-state index in [4.69, 9.17) is 9.47 Å². The maximum atomic E-state index is 13.0. The Morgan fingerprint density at radius 1 is 1.11 bits per heavy atom. The fourth-order valence-electron chi connectivity index (χ4n) is 4.58. The third-order valence-corrected chi connectivity index (χ3v) is 7.74. The zero-order valence-electron chi connectivity index (χ0n) is 26.5. The number of aliphatic hydroxyl groups excluding tert-OH is 1. The van der Waals surface area contributed by atoms with Crippen molar-refractivity contribution < 1.29 is 38.6 Å². The van der Waals surface area contributed by atoms with Crippen LogP contribution in [0.15, 0.2) is 71.5 Å². The van der Waals surface area contributed by atoms with Crippen LogP contribution in [0.2, 0.25) is 0 Å². The monoisotopic (exact) mass is 610 g/mol. The molecule has 1 aliphatic carbocycles.